The molecule has 116 valence electrons. The molecule has 3 atom stereocenters. The van der Waals surface area contributed by atoms with Gasteiger partial charge in [-0.3, -0.25) is 0 Å². The van der Waals surface area contributed by atoms with E-state index >= 15 is 0 Å². The standard InChI is InChI=1S/C14H21N3O4/c1-13(2)18-7-9(19-13)11-10(20-14(3,4)21-11)8-5-6-16-12(15)17-8/h5-6,9-11H,7H2,1-4H3,(H2,15,16,17)/t9-,10-,11-/m1/s1. The van der Waals surface area contributed by atoms with Gasteiger partial charge in [-0.1, -0.05) is 0 Å². The van der Waals surface area contributed by atoms with Gasteiger partial charge in [-0.25, -0.2) is 9.97 Å². The Hall–Kier alpha value is -1.28. The van der Waals surface area contributed by atoms with Crippen molar-refractivity contribution in [1.29, 1.82) is 0 Å². The van der Waals surface area contributed by atoms with Crippen LogP contribution in [-0.2, 0) is 18.9 Å². The van der Waals surface area contributed by atoms with Gasteiger partial charge in [0.25, 0.3) is 0 Å². The van der Waals surface area contributed by atoms with Crippen LogP contribution in [0.4, 0.5) is 5.95 Å². The molecule has 0 spiro atoms. The maximum atomic E-state index is 6.00. The fourth-order valence-corrected chi connectivity index (χ4v) is 2.71. The van der Waals surface area contributed by atoms with Gasteiger partial charge < -0.3 is 24.7 Å². The van der Waals surface area contributed by atoms with Crippen molar-refractivity contribution in [3.05, 3.63) is 18.0 Å². The van der Waals surface area contributed by atoms with Gasteiger partial charge >= 0.3 is 0 Å². The summed E-state index contributed by atoms with van der Waals surface area (Å²) in [6.45, 7) is 7.95. The number of anilines is 1. The van der Waals surface area contributed by atoms with Gasteiger partial charge in [0.15, 0.2) is 11.6 Å². The summed E-state index contributed by atoms with van der Waals surface area (Å²) >= 11 is 0. The molecule has 0 unspecified atom stereocenters. The van der Waals surface area contributed by atoms with Crippen LogP contribution in [0.5, 0.6) is 0 Å². The average Bonchev–Trinajstić information content (AvgIpc) is 2.89. The number of nitrogens with zero attached hydrogens (tertiary/aromatic N) is 2. The third kappa shape index (κ3) is 3.01. The fraction of sp³-hybridized carbons (Fsp3) is 0.714. The number of nitrogens with two attached hydrogens (primary N) is 1. The van der Waals surface area contributed by atoms with Crippen molar-refractivity contribution in [3.63, 3.8) is 0 Å². The maximum absolute atomic E-state index is 6.00. The molecule has 1 aromatic heterocycles. The molecule has 3 rings (SSSR count). The summed E-state index contributed by atoms with van der Waals surface area (Å²) in [4.78, 5) is 8.15. The second kappa shape index (κ2) is 4.88. The van der Waals surface area contributed by atoms with Gasteiger partial charge in [-0.05, 0) is 33.8 Å². The number of ether oxygens (including phenoxy) is 4. The molecule has 2 fully saturated rings. The maximum Gasteiger partial charge on any atom is 0.220 e. The zero-order valence-electron chi connectivity index (χ0n) is 12.7. The van der Waals surface area contributed by atoms with E-state index in [1.807, 2.05) is 27.7 Å². The molecule has 2 aliphatic heterocycles. The lowest BCUT2D eigenvalue weighted by Crippen LogP contribution is -2.35. The van der Waals surface area contributed by atoms with Crippen molar-refractivity contribution in [2.75, 3.05) is 12.3 Å². The summed E-state index contributed by atoms with van der Waals surface area (Å²) in [7, 11) is 0. The van der Waals surface area contributed by atoms with Crippen molar-refractivity contribution in [1.82, 2.24) is 9.97 Å². The predicted octanol–water partition coefficient (Wildman–Crippen LogP) is 1.40. The molecular formula is C14H21N3O4. The molecule has 7 heteroatoms. The second-order valence-electron chi connectivity index (χ2n) is 6.23. The van der Waals surface area contributed by atoms with Crippen molar-refractivity contribution in [2.24, 2.45) is 0 Å². The van der Waals surface area contributed by atoms with Crippen LogP contribution in [0.15, 0.2) is 12.3 Å². The van der Waals surface area contributed by atoms with Gasteiger partial charge in [-0.15, -0.1) is 0 Å². The van der Waals surface area contributed by atoms with Crippen molar-refractivity contribution in [3.8, 4) is 0 Å². The normalized spacial score (nSPS) is 34.2. The lowest BCUT2D eigenvalue weighted by molar-refractivity contribution is -0.174. The topological polar surface area (TPSA) is 88.7 Å². The van der Waals surface area contributed by atoms with Crippen LogP contribution in [0.25, 0.3) is 0 Å². The number of hydrogen-bond donors (Lipinski definition) is 1. The van der Waals surface area contributed by atoms with Crippen LogP contribution in [-0.4, -0.2) is 40.4 Å². The number of aromatic nitrogens is 2. The first kappa shape index (κ1) is 14.6. The lowest BCUT2D eigenvalue weighted by Gasteiger charge is -2.23. The first-order chi connectivity index (χ1) is 9.76. The molecule has 0 amide bonds. The summed E-state index contributed by atoms with van der Waals surface area (Å²) in [5, 5.41) is 0. The molecule has 2 N–H and O–H groups in total. The van der Waals surface area contributed by atoms with E-state index in [9.17, 15) is 0 Å². The quantitative estimate of drug-likeness (QED) is 0.882. The Morgan fingerprint density at radius 2 is 1.90 bits per heavy atom. The van der Waals surface area contributed by atoms with Crippen molar-refractivity contribution >= 4 is 5.95 Å². The molecule has 3 heterocycles. The van der Waals surface area contributed by atoms with Gasteiger partial charge in [0.2, 0.25) is 5.95 Å². The van der Waals surface area contributed by atoms with E-state index in [0.717, 1.165) is 0 Å². The Morgan fingerprint density at radius 1 is 1.14 bits per heavy atom. The van der Waals surface area contributed by atoms with E-state index in [4.69, 9.17) is 24.7 Å². The third-order valence-electron chi connectivity index (χ3n) is 3.51. The molecular weight excluding hydrogens is 274 g/mol. The highest BCUT2D eigenvalue weighted by Crippen LogP contribution is 2.42. The lowest BCUT2D eigenvalue weighted by atomic mass is 10.1. The van der Waals surface area contributed by atoms with E-state index in [1.165, 1.54) is 0 Å². The molecule has 21 heavy (non-hydrogen) atoms. The number of nitrogen functional groups attached to an aromatic ring is 1. The Bertz CT molecular complexity index is 535. The first-order valence-corrected chi connectivity index (χ1v) is 7.02. The van der Waals surface area contributed by atoms with E-state index in [1.54, 1.807) is 12.3 Å². The molecule has 7 nitrogen and oxygen atoms in total. The van der Waals surface area contributed by atoms with E-state index in [0.29, 0.717) is 12.3 Å². The highest BCUT2D eigenvalue weighted by atomic mass is 16.8. The Kier molecular flexibility index (Phi) is 3.40. The van der Waals surface area contributed by atoms with E-state index < -0.39 is 11.6 Å². The molecule has 2 aliphatic rings. The summed E-state index contributed by atoms with van der Waals surface area (Å²) in [6, 6.07) is 1.78. The van der Waals surface area contributed by atoms with Crippen molar-refractivity contribution in [2.45, 2.75) is 57.6 Å². The monoisotopic (exact) mass is 295 g/mol. The van der Waals surface area contributed by atoms with E-state index in [-0.39, 0.29) is 24.3 Å². The molecule has 0 radical (unpaired) electrons. The van der Waals surface area contributed by atoms with E-state index in [2.05, 4.69) is 9.97 Å². The number of hydrogen-bond acceptors (Lipinski definition) is 7. The van der Waals surface area contributed by atoms with Gasteiger partial charge in [0.1, 0.15) is 18.3 Å². The van der Waals surface area contributed by atoms with Crippen LogP contribution >= 0.6 is 0 Å². The van der Waals surface area contributed by atoms with Gasteiger partial charge in [-0.2, -0.15) is 0 Å². The van der Waals surface area contributed by atoms with Crippen LogP contribution in [0.2, 0.25) is 0 Å². The summed E-state index contributed by atoms with van der Waals surface area (Å²) < 4.78 is 23.5. The van der Waals surface area contributed by atoms with Crippen molar-refractivity contribution < 1.29 is 18.9 Å². The number of rotatable bonds is 2. The predicted molar refractivity (Wildman–Crippen MR) is 74.1 cm³/mol. The molecule has 1 aromatic rings. The SMILES string of the molecule is CC1(C)O[C@H]([C@H]2COC(C)(C)O2)[C@@H](c2ccnc(N)n2)O1. The van der Waals surface area contributed by atoms with Crippen LogP contribution in [0.1, 0.15) is 39.5 Å². The highest BCUT2D eigenvalue weighted by Gasteiger charge is 2.50. The first-order valence-electron chi connectivity index (χ1n) is 7.02. The average molecular weight is 295 g/mol. The smallest absolute Gasteiger partial charge is 0.220 e. The molecule has 0 bridgehead atoms. The van der Waals surface area contributed by atoms with Crippen LogP contribution < -0.4 is 5.73 Å². The van der Waals surface area contributed by atoms with Crippen LogP contribution in [0, 0.1) is 0 Å². The molecule has 0 aromatic carbocycles. The highest BCUT2D eigenvalue weighted by molar-refractivity contribution is 5.20. The van der Waals surface area contributed by atoms with Crippen LogP contribution in [0.3, 0.4) is 0 Å². The minimum atomic E-state index is -0.717. The Labute approximate surface area is 123 Å². The molecule has 0 aliphatic carbocycles. The molecule has 2 saturated heterocycles. The summed E-state index contributed by atoms with van der Waals surface area (Å²) in [5.41, 5.74) is 6.35. The zero-order chi connectivity index (χ0) is 15.3. The fourth-order valence-electron chi connectivity index (χ4n) is 2.71. The third-order valence-corrected chi connectivity index (χ3v) is 3.51. The molecule has 0 saturated carbocycles. The zero-order valence-corrected chi connectivity index (χ0v) is 12.7. The second-order valence-corrected chi connectivity index (χ2v) is 6.23. The Morgan fingerprint density at radius 3 is 2.52 bits per heavy atom. The summed E-state index contributed by atoms with van der Waals surface area (Å²) in [5.74, 6) is -1.12. The largest absolute Gasteiger partial charge is 0.368 e. The Balaban J connectivity index is 1.87. The van der Waals surface area contributed by atoms with Gasteiger partial charge in [0, 0.05) is 6.20 Å². The van der Waals surface area contributed by atoms with Gasteiger partial charge in [0.05, 0.1) is 12.3 Å². The summed E-state index contributed by atoms with van der Waals surface area (Å²) in [6.07, 6.45) is 0.714. The minimum absolute atomic E-state index is 0.212. The minimum Gasteiger partial charge on any atom is -0.368 e.